The number of aliphatic hydroxyl groups excluding tert-OH is 1. The zero-order valence-electron chi connectivity index (χ0n) is 44.8. The predicted octanol–water partition coefficient (Wildman–Crippen LogP) is 16.2. The van der Waals surface area contributed by atoms with Gasteiger partial charge in [-0.2, -0.15) is 0 Å². The molecule has 1 amide bonds. The Balaban J connectivity index is 4.31. The van der Waals surface area contributed by atoms with Crippen molar-refractivity contribution in [2.24, 2.45) is 0 Å². The van der Waals surface area contributed by atoms with Crippen LogP contribution in [-0.2, 0) is 18.4 Å². The number of rotatable bonds is 50. The molecule has 0 heterocycles. The molecule has 0 rings (SSSR count). The quantitative estimate of drug-likeness (QED) is 0.0272. The molecule has 0 aromatic rings. The minimum atomic E-state index is -4.62. The van der Waals surface area contributed by atoms with E-state index in [1.165, 1.54) is 148 Å². The van der Waals surface area contributed by atoms with Crippen LogP contribution in [0, 0.1) is 0 Å². The van der Waals surface area contributed by atoms with Crippen LogP contribution in [0.4, 0.5) is 0 Å². The van der Waals surface area contributed by atoms with Crippen molar-refractivity contribution in [1.29, 1.82) is 0 Å². The van der Waals surface area contributed by atoms with E-state index in [0.717, 1.165) is 57.8 Å². The molecule has 0 bridgehead atoms. The van der Waals surface area contributed by atoms with Crippen molar-refractivity contribution in [1.82, 2.24) is 5.32 Å². The molecule has 68 heavy (non-hydrogen) atoms. The summed E-state index contributed by atoms with van der Waals surface area (Å²) in [7, 11) is 1.21. The molecule has 0 saturated heterocycles. The van der Waals surface area contributed by atoms with Crippen molar-refractivity contribution in [3.05, 3.63) is 85.1 Å². The molecule has 0 saturated carbocycles. The summed E-state index contributed by atoms with van der Waals surface area (Å²) in [5, 5.41) is 13.8. The van der Waals surface area contributed by atoms with Crippen LogP contribution in [0.15, 0.2) is 85.1 Å². The number of nitrogens with zero attached hydrogens (tertiary/aromatic N) is 1. The van der Waals surface area contributed by atoms with Gasteiger partial charge in [-0.25, -0.2) is 0 Å². The lowest BCUT2D eigenvalue weighted by Gasteiger charge is -2.29. The maximum absolute atomic E-state index is 12.9. The summed E-state index contributed by atoms with van der Waals surface area (Å²) < 4.78 is 23.3. The average Bonchev–Trinajstić information content (AvgIpc) is 3.30. The van der Waals surface area contributed by atoms with Crippen molar-refractivity contribution < 1.29 is 32.9 Å². The SMILES string of the molecule is CC/C=C\C/C=C\C/C=C\C/C=C\C/C=C\C/C=C\CCC(=O)NC(COP(=O)([O-])OCC[N+](C)(C)C)C(O)/C=C/CCCCCCCCCCCCCCCCCCCCCCCCCCC. The number of nitrogens with one attached hydrogen (secondary N) is 1. The van der Waals surface area contributed by atoms with Gasteiger partial charge in [-0.1, -0.05) is 253 Å². The number of likely N-dealkylation sites (N-methyl/N-ethyl adjacent to an activating group) is 1. The van der Waals surface area contributed by atoms with Gasteiger partial charge < -0.3 is 28.8 Å². The van der Waals surface area contributed by atoms with Crippen molar-refractivity contribution >= 4 is 13.7 Å². The maximum Gasteiger partial charge on any atom is 0.268 e. The lowest BCUT2D eigenvalue weighted by molar-refractivity contribution is -0.870. The molecule has 3 unspecified atom stereocenters. The van der Waals surface area contributed by atoms with Gasteiger partial charge in [0, 0.05) is 6.42 Å². The van der Waals surface area contributed by atoms with Gasteiger partial charge in [-0.05, 0) is 57.8 Å². The Hall–Kier alpha value is -2.32. The highest BCUT2D eigenvalue weighted by molar-refractivity contribution is 7.45. The molecule has 394 valence electrons. The first-order valence-electron chi connectivity index (χ1n) is 27.9. The van der Waals surface area contributed by atoms with Crippen LogP contribution in [0.3, 0.4) is 0 Å². The Labute approximate surface area is 420 Å². The first-order chi connectivity index (χ1) is 33.0. The number of amides is 1. The standard InChI is InChI=1S/C59H107N2O6P/c1-6-8-10-12-14-16-18-20-22-24-26-27-28-29-30-31-32-33-35-36-38-40-42-44-46-48-50-52-58(62)57(56-67-68(64,65)66-55-54-61(3,4)5)60-59(63)53-51-49-47-45-43-41-39-37-34-25-23-21-19-17-15-13-11-9-7-2/h9,11,15,17,21,23,34,37,41,43,47,49-50,52,57-58,62H,6-8,10,12-14,16,18-20,22,24-33,35-36,38-40,42,44-46,48,51,53-56H2,1-5H3,(H-,60,63,64,65)/b11-9-,17-15-,23-21-,37-34-,43-41-,49-47-,52-50+. The number of hydrogen-bond donors (Lipinski definition) is 2. The Bertz CT molecular complexity index is 1380. The van der Waals surface area contributed by atoms with E-state index in [0.29, 0.717) is 17.4 Å². The van der Waals surface area contributed by atoms with Crippen LogP contribution in [0.5, 0.6) is 0 Å². The lowest BCUT2D eigenvalue weighted by Crippen LogP contribution is -2.45. The summed E-state index contributed by atoms with van der Waals surface area (Å²) in [5.74, 6) is -0.280. The van der Waals surface area contributed by atoms with Gasteiger partial charge in [0.05, 0.1) is 39.9 Å². The number of hydrogen-bond acceptors (Lipinski definition) is 6. The largest absolute Gasteiger partial charge is 0.756 e. The van der Waals surface area contributed by atoms with Gasteiger partial charge in [-0.3, -0.25) is 9.36 Å². The smallest absolute Gasteiger partial charge is 0.268 e. The van der Waals surface area contributed by atoms with Gasteiger partial charge in [0.15, 0.2) is 0 Å². The summed E-state index contributed by atoms with van der Waals surface area (Å²) in [5.41, 5.74) is 0. The summed E-state index contributed by atoms with van der Waals surface area (Å²) >= 11 is 0. The van der Waals surface area contributed by atoms with Crippen LogP contribution in [0.25, 0.3) is 0 Å². The van der Waals surface area contributed by atoms with Crippen LogP contribution < -0.4 is 10.2 Å². The summed E-state index contributed by atoms with van der Waals surface area (Å²) in [4.78, 5) is 25.4. The molecule has 0 spiro atoms. The maximum atomic E-state index is 12.9. The average molecular weight is 971 g/mol. The molecule has 0 aromatic carbocycles. The Kier molecular flexibility index (Phi) is 48.0. The molecule has 0 radical (unpaired) electrons. The molecule has 0 aliphatic carbocycles. The van der Waals surface area contributed by atoms with Crippen LogP contribution in [0.1, 0.15) is 232 Å². The second-order valence-electron chi connectivity index (χ2n) is 19.9. The van der Waals surface area contributed by atoms with E-state index in [1.54, 1.807) is 6.08 Å². The second kappa shape index (κ2) is 49.7. The fraction of sp³-hybridized carbons (Fsp3) is 0.746. The lowest BCUT2D eigenvalue weighted by atomic mass is 10.0. The molecule has 0 aliphatic heterocycles. The fourth-order valence-electron chi connectivity index (χ4n) is 7.77. The normalized spacial score (nSPS) is 14.6. The molecule has 0 fully saturated rings. The monoisotopic (exact) mass is 971 g/mol. The third-order valence-electron chi connectivity index (χ3n) is 12.1. The van der Waals surface area contributed by atoms with E-state index < -0.39 is 26.6 Å². The minimum absolute atomic E-state index is 0.0185. The molecule has 9 heteroatoms. The number of phosphoric ester groups is 1. The Morgan fingerprint density at radius 1 is 0.529 bits per heavy atom. The number of quaternary nitrogens is 1. The van der Waals surface area contributed by atoms with Gasteiger partial charge in [-0.15, -0.1) is 0 Å². The van der Waals surface area contributed by atoms with E-state index in [2.05, 4.69) is 79.9 Å². The van der Waals surface area contributed by atoms with E-state index in [9.17, 15) is 19.4 Å². The van der Waals surface area contributed by atoms with Crippen LogP contribution in [-0.4, -0.2) is 68.5 Å². The second-order valence-corrected chi connectivity index (χ2v) is 21.3. The van der Waals surface area contributed by atoms with E-state index in [1.807, 2.05) is 39.4 Å². The van der Waals surface area contributed by atoms with E-state index in [-0.39, 0.29) is 18.9 Å². The molecule has 8 nitrogen and oxygen atoms in total. The number of carbonyl (C=O) groups is 1. The van der Waals surface area contributed by atoms with Crippen molar-refractivity contribution in [3.8, 4) is 0 Å². The van der Waals surface area contributed by atoms with Gasteiger partial charge in [0.1, 0.15) is 13.2 Å². The zero-order chi connectivity index (χ0) is 49.9. The first-order valence-corrected chi connectivity index (χ1v) is 29.4. The van der Waals surface area contributed by atoms with Crippen molar-refractivity contribution in [3.63, 3.8) is 0 Å². The summed E-state index contributed by atoms with van der Waals surface area (Å²) in [6.45, 7) is 4.49. The number of aliphatic hydroxyl groups is 1. The highest BCUT2D eigenvalue weighted by Gasteiger charge is 2.23. The predicted molar refractivity (Wildman–Crippen MR) is 293 cm³/mol. The third kappa shape index (κ3) is 51.5. The number of allylic oxidation sites excluding steroid dienone is 13. The first kappa shape index (κ1) is 65.7. The topological polar surface area (TPSA) is 108 Å². The number of unbranched alkanes of at least 4 members (excludes halogenated alkanes) is 25. The van der Waals surface area contributed by atoms with Crippen LogP contribution >= 0.6 is 7.82 Å². The Morgan fingerprint density at radius 3 is 1.28 bits per heavy atom. The zero-order valence-corrected chi connectivity index (χ0v) is 45.7. The fourth-order valence-corrected chi connectivity index (χ4v) is 8.49. The molecule has 0 aromatic heterocycles. The summed E-state index contributed by atoms with van der Waals surface area (Å²) in [6, 6.07) is -0.933. The van der Waals surface area contributed by atoms with Gasteiger partial charge in [0.2, 0.25) is 5.91 Å². The highest BCUT2D eigenvalue weighted by atomic mass is 31.2. The van der Waals surface area contributed by atoms with Crippen molar-refractivity contribution in [2.75, 3.05) is 40.9 Å². The molecule has 2 N–H and O–H groups in total. The third-order valence-corrected chi connectivity index (χ3v) is 13.1. The van der Waals surface area contributed by atoms with E-state index >= 15 is 0 Å². The van der Waals surface area contributed by atoms with E-state index in [4.69, 9.17) is 9.05 Å². The van der Waals surface area contributed by atoms with Gasteiger partial charge >= 0.3 is 0 Å². The molecular weight excluding hydrogens is 864 g/mol. The van der Waals surface area contributed by atoms with Crippen molar-refractivity contribution in [2.45, 2.75) is 244 Å². The van der Waals surface area contributed by atoms with Gasteiger partial charge in [0.25, 0.3) is 7.82 Å². The Morgan fingerprint density at radius 2 is 0.897 bits per heavy atom. The summed E-state index contributed by atoms with van der Waals surface area (Å²) in [6.07, 6.45) is 69.7. The number of phosphoric acid groups is 1. The number of carbonyl (C=O) groups excluding carboxylic acids is 1. The molecular formula is C59H107N2O6P. The van der Waals surface area contributed by atoms with Crippen LogP contribution in [0.2, 0.25) is 0 Å². The highest BCUT2D eigenvalue weighted by Crippen LogP contribution is 2.38. The molecule has 3 atom stereocenters. The minimum Gasteiger partial charge on any atom is -0.756 e. The molecule has 0 aliphatic rings.